The molecule has 18 heavy (non-hydrogen) atoms. The Morgan fingerprint density at radius 3 is 2.56 bits per heavy atom. The molecule has 0 radical (unpaired) electrons. The van der Waals surface area contributed by atoms with E-state index in [1.165, 1.54) is 6.07 Å². The number of nitrogen functional groups attached to an aromatic ring is 1. The minimum atomic E-state index is -4.35. The second-order valence-electron chi connectivity index (χ2n) is 4.13. The standard InChI is InChI=1S/C12H17F3N2S/c1-8(5-6-18-2)17-11-4-3-9(7-10(11)16)12(13,14)15/h3-4,7-8,17H,5-6,16H2,1-2H3. The van der Waals surface area contributed by atoms with Crippen LogP contribution in [0.15, 0.2) is 18.2 Å². The van der Waals surface area contributed by atoms with E-state index in [1.807, 2.05) is 13.2 Å². The van der Waals surface area contributed by atoms with E-state index in [-0.39, 0.29) is 11.7 Å². The third kappa shape index (κ3) is 4.33. The minimum absolute atomic E-state index is 0.126. The number of rotatable bonds is 5. The fourth-order valence-corrected chi connectivity index (χ4v) is 2.09. The average Bonchev–Trinajstić information content (AvgIpc) is 2.27. The van der Waals surface area contributed by atoms with Crippen LogP contribution in [0.4, 0.5) is 24.5 Å². The zero-order valence-corrected chi connectivity index (χ0v) is 11.2. The summed E-state index contributed by atoms with van der Waals surface area (Å²) in [5, 5.41) is 3.12. The molecule has 0 bridgehead atoms. The van der Waals surface area contributed by atoms with Crippen molar-refractivity contribution in [3.05, 3.63) is 23.8 Å². The van der Waals surface area contributed by atoms with Crippen LogP contribution in [0.2, 0.25) is 0 Å². The van der Waals surface area contributed by atoms with Gasteiger partial charge in [0.2, 0.25) is 0 Å². The molecule has 1 aromatic carbocycles. The van der Waals surface area contributed by atoms with Gasteiger partial charge in [0, 0.05) is 6.04 Å². The predicted octanol–water partition coefficient (Wildman–Crippen LogP) is 3.84. The van der Waals surface area contributed by atoms with Crippen LogP contribution in [-0.4, -0.2) is 18.1 Å². The zero-order chi connectivity index (χ0) is 13.8. The number of nitrogens with one attached hydrogen (secondary N) is 1. The first-order valence-corrected chi connectivity index (χ1v) is 6.96. The van der Waals surface area contributed by atoms with Gasteiger partial charge in [0.05, 0.1) is 16.9 Å². The summed E-state index contributed by atoms with van der Waals surface area (Å²) in [6.45, 7) is 1.98. The number of halogens is 3. The highest BCUT2D eigenvalue weighted by Crippen LogP contribution is 2.33. The van der Waals surface area contributed by atoms with Crippen LogP contribution in [-0.2, 0) is 6.18 Å². The lowest BCUT2D eigenvalue weighted by molar-refractivity contribution is -0.137. The molecule has 0 aromatic heterocycles. The average molecular weight is 278 g/mol. The van der Waals surface area contributed by atoms with Crippen molar-refractivity contribution in [1.29, 1.82) is 0 Å². The fourth-order valence-electron chi connectivity index (χ4n) is 1.50. The summed E-state index contributed by atoms with van der Waals surface area (Å²) in [7, 11) is 0. The molecular formula is C12H17F3N2S. The van der Waals surface area contributed by atoms with Crippen LogP contribution < -0.4 is 11.1 Å². The summed E-state index contributed by atoms with van der Waals surface area (Å²) in [5.74, 6) is 0.995. The Hall–Kier alpha value is -1.04. The van der Waals surface area contributed by atoms with Crippen LogP contribution in [0, 0.1) is 0 Å². The first-order valence-electron chi connectivity index (χ1n) is 5.56. The molecule has 1 aromatic rings. The van der Waals surface area contributed by atoms with Crippen LogP contribution in [0.25, 0.3) is 0 Å². The lowest BCUT2D eigenvalue weighted by Gasteiger charge is -2.17. The van der Waals surface area contributed by atoms with Crippen molar-refractivity contribution >= 4 is 23.1 Å². The smallest absolute Gasteiger partial charge is 0.397 e. The maximum Gasteiger partial charge on any atom is 0.416 e. The third-order valence-electron chi connectivity index (χ3n) is 2.54. The van der Waals surface area contributed by atoms with E-state index < -0.39 is 11.7 Å². The van der Waals surface area contributed by atoms with Crippen LogP contribution >= 0.6 is 11.8 Å². The normalized spacial score (nSPS) is 13.4. The van der Waals surface area contributed by atoms with E-state index in [1.54, 1.807) is 11.8 Å². The van der Waals surface area contributed by atoms with Crippen molar-refractivity contribution in [3.63, 3.8) is 0 Å². The Kier molecular flexibility index (Phi) is 5.19. The van der Waals surface area contributed by atoms with Gasteiger partial charge in [0.1, 0.15) is 0 Å². The minimum Gasteiger partial charge on any atom is -0.397 e. The van der Waals surface area contributed by atoms with Crippen molar-refractivity contribution in [1.82, 2.24) is 0 Å². The van der Waals surface area contributed by atoms with E-state index in [9.17, 15) is 13.2 Å². The quantitative estimate of drug-likeness (QED) is 0.804. The summed E-state index contributed by atoms with van der Waals surface area (Å²) < 4.78 is 37.3. The van der Waals surface area contributed by atoms with Gasteiger partial charge in [-0.2, -0.15) is 24.9 Å². The molecule has 102 valence electrons. The summed E-state index contributed by atoms with van der Waals surface area (Å²) >= 11 is 1.73. The molecule has 0 fully saturated rings. The molecule has 0 saturated heterocycles. The van der Waals surface area contributed by atoms with Crippen LogP contribution in [0.3, 0.4) is 0 Å². The molecule has 0 spiro atoms. The Morgan fingerprint density at radius 2 is 2.06 bits per heavy atom. The second kappa shape index (κ2) is 6.22. The summed E-state index contributed by atoms with van der Waals surface area (Å²) in [5.41, 5.74) is 5.59. The number of thioether (sulfide) groups is 1. The molecule has 6 heteroatoms. The van der Waals surface area contributed by atoms with Gasteiger partial charge < -0.3 is 11.1 Å². The van der Waals surface area contributed by atoms with E-state index in [4.69, 9.17) is 5.73 Å². The molecule has 0 aliphatic heterocycles. The van der Waals surface area contributed by atoms with E-state index in [0.717, 1.165) is 24.3 Å². The highest BCUT2D eigenvalue weighted by Gasteiger charge is 2.30. The lowest BCUT2D eigenvalue weighted by Crippen LogP contribution is -2.17. The largest absolute Gasteiger partial charge is 0.416 e. The van der Waals surface area contributed by atoms with Gasteiger partial charge >= 0.3 is 6.18 Å². The Bertz CT molecular complexity index is 393. The first kappa shape index (κ1) is 15.0. The molecule has 1 atom stereocenters. The van der Waals surface area contributed by atoms with Gasteiger partial charge in [-0.15, -0.1) is 0 Å². The number of nitrogens with two attached hydrogens (primary N) is 1. The molecular weight excluding hydrogens is 261 g/mol. The summed E-state index contributed by atoms with van der Waals surface area (Å²) in [6, 6.07) is 3.56. The Balaban J connectivity index is 2.74. The predicted molar refractivity (Wildman–Crippen MR) is 71.9 cm³/mol. The summed E-state index contributed by atoms with van der Waals surface area (Å²) in [4.78, 5) is 0. The number of benzene rings is 1. The molecule has 1 rings (SSSR count). The molecule has 0 saturated carbocycles. The molecule has 1 unspecified atom stereocenters. The van der Waals surface area contributed by atoms with Gasteiger partial charge in [0.25, 0.3) is 0 Å². The second-order valence-corrected chi connectivity index (χ2v) is 5.11. The summed E-state index contributed by atoms with van der Waals surface area (Å²) in [6.07, 6.45) is -1.40. The Labute approximate surface area is 109 Å². The molecule has 0 aliphatic carbocycles. The SMILES string of the molecule is CSCCC(C)Nc1ccc(C(F)(F)F)cc1N. The fraction of sp³-hybridized carbons (Fsp3) is 0.500. The molecule has 3 N–H and O–H groups in total. The van der Waals surface area contributed by atoms with Gasteiger partial charge in [-0.1, -0.05) is 0 Å². The van der Waals surface area contributed by atoms with Crippen molar-refractivity contribution in [2.75, 3.05) is 23.1 Å². The maximum atomic E-state index is 12.4. The first-order chi connectivity index (χ1) is 8.34. The Morgan fingerprint density at radius 1 is 1.39 bits per heavy atom. The molecule has 0 aliphatic rings. The molecule has 2 nitrogen and oxygen atoms in total. The van der Waals surface area contributed by atoms with E-state index >= 15 is 0 Å². The van der Waals surface area contributed by atoms with Crippen molar-refractivity contribution < 1.29 is 13.2 Å². The monoisotopic (exact) mass is 278 g/mol. The molecule has 0 heterocycles. The maximum absolute atomic E-state index is 12.4. The third-order valence-corrected chi connectivity index (χ3v) is 3.18. The van der Waals surface area contributed by atoms with Crippen LogP contribution in [0.1, 0.15) is 18.9 Å². The highest BCUT2D eigenvalue weighted by molar-refractivity contribution is 7.98. The number of anilines is 2. The van der Waals surface area contributed by atoms with Gasteiger partial charge in [-0.25, -0.2) is 0 Å². The van der Waals surface area contributed by atoms with Gasteiger partial charge in [-0.05, 0) is 43.6 Å². The number of alkyl halides is 3. The van der Waals surface area contributed by atoms with Crippen molar-refractivity contribution in [2.45, 2.75) is 25.6 Å². The lowest BCUT2D eigenvalue weighted by atomic mass is 10.1. The number of hydrogen-bond acceptors (Lipinski definition) is 3. The van der Waals surface area contributed by atoms with Crippen LogP contribution in [0.5, 0.6) is 0 Å². The van der Waals surface area contributed by atoms with E-state index in [0.29, 0.717) is 5.69 Å². The topological polar surface area (TPSA) is 38.0 Å². The number of hydrogen-bond donors (Lipinski definition) is 2. The van der Waals surface area contributed by atoms with E-state index in [2.05, 4.69) is 5.32 Å². The van der Waals surface area contributed by atoms with Crippen molar-refractivity contribution in [3.8, 4) is 0 Å². The zero-order valence-electron chi connectivity index (χ0n) is 10.3. The highest BCUT2D eigenvalue weighted by atomic mass is 32.2. The van der Waals surface area contributed by atoms with Gasteiger partial charge in [-0.3, -0.25) is 0 Å². The van der Waals surface area contributed by atoms with Gasteiger partial charge in [0.15, 0.2) is 0 Å². The molecule has 0 amide bonds. The van der Waals surface area contributed by atoms with Crippen molar-refractivity contribution in [2.24, 2.45) is 0 Å².